The summed E-state index contributed by atoms with van der Waals surface area (Å²) in [4.78, 5) is 0. The summed E-state index contributed by atoms with van der Waals surface area (Å²) in [6.07, 6.45) is -7.88. The predicted molar refractivity (Wildman–Crippen MR) is 73.9 cm³/mol. The van der Waals surface area contributed by atoms with Crippen LogP contribution in [0.4, 0.5) is 74.6 Å². The maximum atomic E-state index is 13.8. The molecule has 0 bridgehead atoms. The average molecular weight is 571 g/mol. The molecule has 0 aromatic rings. The number of likely N-dealkylation sites (N-methyl/N-ethyl adjacent to an activating group) is 1. The Bertz CT molecular complexity index is 835. The second-order valence-corrected chi connectivity index (χ2v) is 8.16. The lowest BCUT2D eigenvalue weighted by molar-refractivity contribution is -0.458. The van der Waals surface area contributed by atoms with Crippen molar-refractivity contribution in [2.45, 2.75) is 53.9 Å². The van der Waals surface area contributed by atoms with E-state index in [0.717, 1.165) is 0 Å². The van der Waals surface area contributed by atoms with Crippen LogP contribution in [-0.2, 0) is 10.0 Å². The minimum absolute atomic E-state index is 0.516. The highest BCUT2D eigenvalue weighted by molar-refractivity contribution is 7.90. The third kappa shape index (κ3) is 4.05. The summed E-state index contributed by atoms with van der Waals surface area (Å²) < 4.78 is 245. The third-order valence-electron chi connectivity index (χ3n) is 4.06. The average Bonchev–Trinajstić information content (AvgIpc) is 2.63. The van der Waals surface area contributed by atoms with E-state index in [0.29, 0.717) is 6.92 Å². The zero-order valence-corrected chi connectivity index (χ0v) is 16.5. The van der Waals surface area contributed by atoms with Crippen LogP contribution in [0.25, 0.3) is 0 Å². The smallest absolute Gasteiger partial charge is 0.395 e. The van der Waals surface area contributed by atoms with Gasteiger partial charge in [-0.15, -0.1) is 0 Å². The van der Waals surface area contributed by atoms with Crippen LogP contribution in [0.1, 0.15) is 6.92 Å². The number of rotatable bonds is 11. The third-order valence-corrected chi connectivity index (χ3v) is 6.08. The van der Waals surface area contributed by atoms with E-state index in [1.54, 1.807) is 0 Å². The lowest BCUT2D eigenvalue weighted by atomic mass is 9.91. The van der Waals surface area contributed by atoms with Crippen LogP contribution in [0.5, 0.6) is 0 Å². The van der Waals surface area contributed by atoms with Gasteiger partial charge in [0.25, 0.3) is 10.0 Å². The van der Waals surface area contributed by atoms with Gasteiger partial charge in [-0.2, -0.15) is 78.9 Å². The molecule has 0 atom stereocenters. The maximum Gasteiger partial charge on any atom is 0.460 e. The van der Waals surface area contributed by atoms with Gasteiger partial charge in [-0.25, -0.2) is 8.42 Å². The first-order valence-electron chi connectivity index (χ1n) is 7.84. The molecule has 0 saturated heterocycles. The van der Waals surface area contributed by atoms with E-state index in [1.807, 2.05) is 0 Å². The summed E-state index contributed by atoms with van der Waals surface area (Å²) in [6, 6.07) is 0. The standard InChI is InChI=1S/C12H10F17NO3S/c1-2-30(3-4-31)34(32,33)12(28,29)10(23,24)8(19,20)6(15,16)5(13,14)7(17,18)9(21,22)11(25,26)27/h31H,2-4H2,1H3. The summed E-state index contributed by atoms with van der Waals surface area (Å²) in [7, 11) is -7.33. The van der Waals surface area contributed by atoms with E-state index in [1.165, 1.54) is 0 Å². The van der Waals surface area contributed by atoms with Crippen LogP contribution < -0.4 is 0 Å². The number of sulfonamides is 1. The second-order valence-electron chi connectivity index (χ2n) is 6.18. The molecule has 0 amide bonds. The number of hydrogen-bond acceptors (Lipinski definition) is 3. The van der Waals surface area contributed by atoms with Crippen molar-refractivity contribution in [3.8, 4) is 0 Å². The number of aliphatic hydroxyl groups is 1. The number of hydrogen-bond donors (Lipinski definition) is 1. The Balaban J connectivity index is 7.01. The fourth-order valence-electron chi connectivity index (χ4n) is 2.03. The number of halogens is 17. The van der Waals surface area contributed by atoms with Crippen molar-refractivity contribution in [3.05, 3.63) is 0 Å². The Morgan fingerprint density at radius 3 is 1.15 bits per heavy atom. The van der Waals surface area contributed by atoms with Crippen molar-refractivity contribution in [1.82, 2.24) is 4.31 Å². The van der Waals surface area contributed by atoms with Gasteiger partial charge in [0.2, 0.25) is 0 Å². The van der Waals surface area contributed by atoms with Gasteiger partial charge in [-0.05, 0) is 0 Å². The quantitative estimate of drug-likeness (QED) is 0.369. The monoisotopic (exact) mass is 571 g/mol. The highest BCUT2D eigenvalue weighted by Gasteiger charge is 2.96. The van der Waals surface area contributed by atoms with Crippen LogP contribution in [-0.4, -0.2) is 84.5 Å². The van der Waals surface area contributed by atoms with Crippen molar-refractivity contribution < 1.29 is 88.2 Å². The summed E-state index contributed by atoms with van der Waals surface area (Å²) in [5.74, 6) is -51.8. The summed E-state index contributed by atoms with van der Waals surface area (Å²) in [5, 5.41) is 0.874. The Labute approximate surface area is 177 Å². The van der Waals surface area contributed by atoms with Crippen molar-refractivity contribution in [3.63, 3.8) is 0 Å². The maximum absolute atomic E-state index is 13.8. The number of nitrogens with zero attached hydrogens (tertiary/aromatic N) is 1. The minimum Gasteiger partial charge on any atom is -0.395 e. The second kappa shape index (κ2) is 8.66. The van der Waals surface area contributed by atoms with E-state index < -0.39 is 81.0 Å². The van der Waals surface area contributed by atoms with Gasteiger partial charge < -0.3 is 5.11 Å². The summed E-state index contributed by atoms with van der Waals surface area (Å²) >= 11 is 0. The molecular formula is C12H10F17NO3S. The van der Waals surface area contributed by atoms with Crippen LogP contribution in [0.15, 0.2) is 0 Å². The van der Waals surface area contributed by atoms with Gasteiger partial charge in [0, 0.05) is 13.1 Å². The first kappa shape index (κ1) is 32.7. The van der Waals surface area contributed by atoms with E-state index in [2.05, 4.69) is 0 Å². The molecule has 0 spiro atoms. The van der Waals surface area contributed by atoms with Gasteiger partial charge in [0.15, 0.2) is 0 Å². The Kier molecular flexibility index (Phi) is 8.32. The van der Waals surface area contributed by atoms with Gasteiger partial charge in [0.1, 0.15) is 0 Å². The van der Waals surface area contributed by atoms with E-state index in [9.17, 15) is 83.1 Å². The van der Waals surface area contributed by atoms with Crippen molar-refractivity contribution >= 4 is 10.0 Å². The van der Waals surface area contributed by atoms with E-state index in [4.69, 9.17) is 5.11 Å². The highest BCUT2D eigenvalue weighted by Crippen LogP contribution is 2.64. The fourth-order valence-corrected chi connectivity index (χ4v) is 3.47. The predicted octanol–water partition coefficient (Wildman–Crippen LogP) is 4.60. The topological polar surface area (TPSA) is 57.6 Å². The first-order chi connectivity index (χ1) is 14.5. The van der Waals surface area contributed by atoms with E-state index >= 15 is 0 Å². The molecule has 22 heteroatoms. The summed E-state index contributed by atoms with van der Waals surface area (Å²) in [6.45, 7) is -3.98. The van der Waals surface area contributed by atoms with Crippen LogP contribution in [0.3, 0.4) is 0 Å². The minimum atomic E-state index is -8.87. The molecule has 0 rings (SSSR count). The van der Waals surface area contributed by atoms with Gasteiger partial charge >= 0.3 is 47.0 Å². The zero-order valence-electron chi connectivity index (χ0n) is 15.7. The SMILES string of the molecule is CCN(CCO)S(=O)(=O)C(F)(F)C(F)(F)C(F)(F)C(F)(F)C(F)(F)C(F)(F)C(F)(F)C(F)(F)F. The molecule has 0 radical (unpaired) electrons. The molecule has 0 aliphatic rings. The molecule has 0 aromatic heterocycles. The zero-order chi connectivity index (χ0) is 28.2. The molecule has 0 fully saturated rings. The lowest BCUT2D eigenvalue weighted by Crippen LogP contribution is -2.75. The molecule has 0 aliphatic heterocycles. The van der Waals surface area contributed by atoms with Crippen LogP contribution >= 0.6 is 0 Å². The fraction of sp³-hybridized carbons (Fsp3) is 1.00. The Hall–Kier alpha value is -1.32. The molecule has 0 unspecified atom stereocenters. The molecular weight excluding hydrogens is 561 g/mol. The number of aliphatic hydroxyl groups excluding tert-OH is 1. The van der Waals surface area contributed by atoms with Gasteiger partial charge in [-0.3, -0.25) is 0 Å². The molecule has 1 N–H and O–H groups in total. The number of alkyl halides is 17. The molecule has 0 aromatic carbocycles. The Morgan fingerprint density at radius 2 is 0.882 bits per heavy atom. The lowest BCUT2D eigenvalue weighted by Gasteiger charge is -2.43. The van der Waals surface area contributed by atoms with Crippen molar-refractivity contribution in [2.75, 3.05) is 19.7 Å². The largest absolute Gasteiger partial charge is 0.460 e. The van der Waals surface area contributed by atoms with Gasteiger partial charge in [0.05, 0.1) is 6.61 Å². The molecule has 0 saturated carbocycles. The molecule has 0 heterocycles. The molecule has 206 valence electrons. The van der Waals surface area contributed by atoms with Crippen molar-refractivity contribution in [2.24, 2.45) is 0 Å². The first-order valence-corrected chi connectivity index (χ1v) is 9.28. The summed E-state index contributed by atoms with van der Waals surface area (Å²) in [5.41, 5.74) is 0. The van der Waals surface area contributed by atoms with Gasteiger partial charge in [-0.1, -0.05) is 6.92 Å². The van der Waals surface area contributed by atoms with Crippen molar-refractivity contribution in [1.29, 1.82) is 0 Å². The van der Waals surface area contributed by atoms with Crippen LogP contribution in [0, 0.1) is 0 Å². The highest BCUT2D eigenvalue weighted by atomic mass is 32.2. The normalized spacial score (nSPS) is 16.4. The molecule has 34 heavy (non-hydrogen) atoms. The Morgan fingerprint density at radius 1 is 0.588 bits per heavy atom. The van der Waals surface area contributed by atoms with Crippen LogP contribution in [0.2, 0.25) is 0 Å². The molecule has 4 nitrogen and oxygen atoms in total. The van der Waals surface area contributed by atoms with E-state index in [-0.39, 0.29) is 0 Å². The molecule has 0 aliphatic carbocycles.